The predicted molar refractivity (Wildman–Crippen MR) is 119 cm³/mol. The average Bonchev–Trinajstić information content (AvgIpc) is 2.61. The molecule has 2 aliphatic heterocycles. The van der Waals surface area contributed by atoms with Crippen molar-refractivity contribution in [2.45, 2.75) is 52.2 Å². The number of nitrogens with zero attached hydrogens (tertiary/aromatic N) is 1. The minimum Gasteiger partial charge on any atom is -0.378 e. The Morgan fingerprint density at radius 3 is 2.64 bits per heavy atom. The van der Waals surface area contributed by atoms with Crippen LogP contribution in [-0.4, -0.2) is 55.7 Å². The van der Waals surface area contributed by atoms with Gasteiger partial charge in [-0.25, -0.2) is 0 Å². The molecule has 0 bridgehead atoms. The molecule has 160 valence electrons. The van der Waals surface area contributed by atoms with Crippen LogP contribution in [0.4, 0.5) is 0 Å². The number of carbonyl (C=O) groups is 1. The van der Waals surface area contributed by atoms with E-state index in [1.165, 1.54) is 11.1 Å². The number of morpholine rings is 1. The Kier molecular flexibility index (Phi) is 10.2. The lowest BCUT2D eigenvalue weighted by Gasteiger charge is -2.38. The Hall–Kier alpha value is -0.850. The molecule has 0 spiro atoms. The maximum absolute atomic E-state index is 12.6. The summed E-state index contributed by atoms with van der Waals surface area (Å²) in [6.45, 7) is 11.7. The van der Waals surface area contributed by atoms with Crippen molar-refractivity contribution in [1.82, 2.24) is 15.5 Å². The van der Waals surface area contributed by atoms with Crippen molar-refractivity contribution in [2.24, 2.45) is 5.41 Å². The van der Waals surface area contributed by atoms with E-state index in [2.05, 4.69) is 60.6 Å². The Bertz CT molecular complexity index is 616. The summed E-state index contributed by atoms with van der Waals surface area (Å²) < 4.78 is 5.46. The lowest BCUT2D eigenvalue weighted by molar-refractivity contribution is -0.124. The van der Waals surface area contributed by atoms with Gasteiger partial charge in [0, 0.05) is 44.7 Å². The molecule has 1 saturated heterocycles. The van der Waals surface area contributed by atoms with Gasteiger partial charge >= 0.3 is 0 Å². The number of nitrogens with one attached hydrogen (secondary N) is 2. The van der Waals surface area contributed by atoms with Crippen LogP contribution in [-0.2, 0) is 22.5 Å². The molecule has 2 atom stereocenters. The van der Waals surface area contributed by atoms with Gasteiger partial charge in [-0.2, -0.15) is 0 Å². The van der Waals surface area contributed by atoms with E-state index in [-0.39, 0.29) is 48.2 Å². The van der Waals surface area contributed by atoms with E-state index in [0.717, 1.165) is 39.2 Å². The molecular formula is C21H35Cl2N3O2. The van der Waals surface area contributed by atoms with Crippen molar-refractivity contribution >= 4 is 30.7 Å². The minimum absolute atomic E-state index is 0. The number of fused-ring (bicyclic) bond motifs is 1. The maximum Gasteiger partial charge on any atom is 0.221 e. The van der Waals surface area contributed by atoms with Gasteiger partial charge in [0.15, 0.2) is 0 Å². The molecule has 2 unspecified atom stereocenters. The Labute approximate surface area is 181 Å². The van der Waals surface area contributed by atoms with Gasteiger partial charge in [0.25, 0.3) is 0 Å². The van der Waals surface area contributed by atoms with E-state index in [4.69, 9.17) is 4.74 Å². The summed E-state index contributed by atoms with van der Waals surface area (Å²) >= 11 is 0. The first kappa shape index (κ1) is 25.2. The number of halogens is 2. The molecule has 1 amide bonds. The second-order valence-corrected chi connectivity index (χ2v) is 8.67. The smallest absolute Gasteiger partial charge is 0.221 e. The van der Waals surface area contributed by atoms with Crippen LogP contribution in [0.2, 0.25) is 0 Å². The van der Waals surface area contributed by atoms with Crippen molar-refractivity contribution in [3.8, 4) is 0 Å². The maximum atomic E-state index is 12.6. The third-order valence-corrected chi connectivity index (χ3v) is 5.46. The Morgan fingerprint density at radius 1 is 1.29 bits per heavy atom. The van der Waals surface area contributed by atoms with Crippen molar-refractivity contribution in [2.75, 3.05) is 32.8 Å². The van der Waals surface area contributed by atoms with Gasteiger partial charge in [-0.15, -0.1) is 24.8 Å². The number of hydrogen-bond donors (Lipinski definition) is 2. The summed E-state index contributed by atoms with van der Waals surface area (Å²) in [6.07, 6.45) is 1.57. The average molecular weight is 432 g/mol. The van der Waals surface area contributed by atoms with Gasteiger partial charge < -0.3 is 15.4 Å². The van der Waals surface area contributed by atoms with Gasteiger partial charge in [-0.05, 0) is 23.0 Å². The molecular weight excluding hydrogens is 397 g/mol. The van der Waals surface area contributed by atoms with Crippen LogP contribution in [0.5, 0.6) is 0 Å². The van der Waals surface area contributed by atoms with Crippen molar-refractivity contribution in [1.29, 1.82) is 0 Å². The van der Waals surface area contributed by atoms with E-state index < -0.39 is 0 Å². The SMILES string of the molecule is CC(C)(C)C(CN1CCc2ccccc2C1)NC(=O)CC1COCCN1.Cl.Cl. The second-order valence-electron chi connectivity index (χ2n) is 8.67. The highest BCUT2D eigenvalue weighted by Gasteiger charge is 2.30. The number of amides is 1. The highest BCUT2D eigenvalue weighted by molar-refractivity contribution is 5.85. The fourth-order valence-corrected chi connectivity index (χ4v) is 3.73. The zero-order valence-electron chi connectivity index (χ0n) is 17.2. The summed E-state index contributed by atoms with van der Waals surface area (Å²) in [5, 5.41) is 6.66. The van der Waals surface area contributed by atoms with E-state index in [1.54, 1.807) is 0 Å². The third-order valence-electron chi connectivity index (χ3n) is 5.46. The van der Waals surface area contributed by atoms with Crippen LogP contribution < -0.4 is 10.6 Å². The molecule has 28 heavy (non-hydrogen) atoms. The third kappa shape index (κ3) is 7.20. The zero-order valence-corrected chi connectivity index (χ0v) is 18.8. The van der Waals surface area contributed by atoms with Crippen molar-refractivity contribution in [3.63, 3.8) is 0 Å². The molecule has 2 aliphatic rings. The summed E-state index contributed by atoms with van der Waals surface area (Å²) in [4.78, 5) is 15.1. The fraction of sp³-hybridized carbons (Fsp3) is 0.667. The minimum atomic E-state index is 0. The molecule has 2 heterocycles. The Balaban J connectivity index is 0.00000196. The molecule has 3 rings (SSSR count). The van der Waals surface area contributed by atoms with E-state index >= 15 is 0 Å². The molecule has 1 fully saturated rings. The zero-order chi connectivity index (χ0) is 18.6. The first-order valence-corrected chi connectivity index (χ1v) is 9.81. The summed E-state index contributed by atoms with van der Waals surface area (Å²) in [6, 6.07) is 8.95. The molecule has 1 aromatic carbocycles. The summed E-state index contributed by atoms with van der Waals surface area (Å²) in [5.74, 6) is 0.116. The molecule has 0 saturated carbocycles. The number of benzene rings is 1. The molecule has 5 nitrogen and oxygen atoms in total. The molecule has 7 heteroatoms. The van der Waals surface area contributed by atoms with Gasteiger partial charge in [-0.1, -0.05) is 45.0 Å². The Morgan fingerprint density at radius 2 is 2.00 bits per heavy atom. The van der Waals surface area contributed by atoms with Crippen LogP contribution in [0.15, 0.2) is 24.3 Å². The van der Waals surface area contributed by atoms with Crippen LogP contribution in [0.1, 0.15) is 38.3 Å². The lowest BCUT2D eigenvalue weighted by atomic mass is 9.85. The van der Waals surface area contributed by atoms with Gasteiger partial charge in [0.2, 0.25) is 5.91 Å². The van der Waals surface area contributed by atoms with Crippen molar-refractivity contribution in [3.05, 3.63) is 35.4 Å². The number of ether oxygens (including phenoxy) is 1. The predicted octanol–water partition coefficient (Wildman–Crippen LogP) is 2.80. The first-order valence-electron chi connectivity index (χ1n) is 9.81. The quantitative estimate of drug-likeness (QED) is 0.752. The highest BCUT2D eigenvalue weighted by atomic mass is 35.5. The van der Waals surface area contributed by atoms with Gasteiger partial charge in [-0.3, -0.25) is 9.69 Å². The highest BCUT2D eigenvalue weighted by Crippen LogP contribution is 2.24. The van der Waals surface area contributed by atoms with Crippen LogP contribution >= 0.6 is 24.8 Å². The van der Waals surface area contributed by atoms with E-state index in [1.807, 2.05) is 0 Å². The molecule has 0 aromatic heterocycles. The molecule has 0 radical (unpaired) electrons. The normalized spacial score (nSPS) is 20.9. The van der Waals surface area contributed by atoms with Crippen LogP contribution in [0, 0.1) is 5.41 Å². The molecule has 2 N–H and O–H groups in total. The number of rotatable bonds is 5. The van der Waals surface area contributed by atoms with E-state index in [9.17, 15) is 4.79 Å². The van der Waals surface area contributed by atoms with Crippen molar-refractivity contribution < 1.29 is 9.53 Å². The lowest BCUT2D eigenvalue weighted by Crippen LogP contribution is -2.53. The standard InChI is InChI=1S/C21H33N3O2.2ClH/c1-21(2,3)19(23-20(25)12-18-15-26-11-9-22-18)14-24-10-8-16-6-4-5-7-17(16)13-24;;/h4-7,18-19,22H,8-15H2,1-3H3,(H,23,25);2*1H. The summed E-state index contributed by atoms with van der Waals surface area (Å²) in [5.41, 5.74) is 2.90. The number of hydrogen-bond acceptors (Lipinski definition) is 4. The van der Waals surface area contributed by atoms with Crippen LogP contribution in [0.3, 0.4) is 0 Å². The topological polar surface area (TPSA) is 53.6 Å². The van der Waals surface area contributed by atoms with Gasteiger partial charge in [0.1, 0.15) is 0 Å². The first-order chi connectivity index (χ1) is 12.4. The van der Waals surface area contributed by atoms with Crippen LogP contribution in [0.25, 0.3) is 0 Å². The van der Waals surface area contributed by atoms with Gasteiger partial charge in [0.05, 0.1) is 13.2 Å². The van der Waals surface area contributed by atoms with E-state index in [0.29, 0.717) is 13.0 Å². The monoisotopic (exact) mass is 431 g/mol. The molecule has 1 aromatic rings. The number of carbonyl (C=O) groups excluding carboxylic acids is 1. The fourth-order valence-electron chi connectivity index (χ4n) is 3.73. The summed E-state index contributed by atoms with van der Waals surface area (Å²) in [7, 11) is 0. The second kappa shape index (κ2) is 11.4. The molecule has 0 aliphatic carbocycles. The largest absolute Gasteiger partial charge is 0.378 e.